The Balaban J connectivity index is 5.28. The van der Waals surface area contributed by atoms with E-state index < -0.39 is 23.5 Å². The summed E-state index contributed by atoms with van der Waals surface area (Å²) in [4.78, 5) is 24.3. The number of carbonyl (C=O) groups is 2. The van der Waals surface area contributed by atoms with Gasteiger partial charge < -0.3 is 14.6 Å². The summed E-state index contributed by atoms with van der Waals surface area (Å²) in [6, 6.07) is 0. The molecule has 0 saturated carbocycles. The van der Waals surface area contributed by atoms with E-state index in [-0.39, 0.29) is 32.0 Å². The maximum atomic E-state index is 12.1. The van der Waals surface area contributed by atoms with Gasteiger partial charge in [-0.25, -0.2) is 0 Å². The Labute approximate surface area is 115 Å². The van der Waals surface area contributed by atoms with Crippen molar-refractivity contribution in [2.75, 3.05) is 13.2 Å². The molecule has 0 spiro atoms. The molecule has 19 heavy (non-hydrogen) atoms. The van der Waals surface area contributed by atoms with Crippen LogP contribution in [-0.4, -0.2) is 36.4 Å². The zero-order valence-corrected chi connectivity index (χ0v) is 12.6. The quantitative estimate of drug-likeness (QED) is 0.540. The van der Waals surface area contributed by atoms with E-state index in [1.54, 1.807) is 20.8 Å². The Morgan fingerprint density at radius 2 is 1.47 bits per heavy atom. The molecule has 0 aromatic carbocycles. The molecular formula is C14H26O5. The molecule has 0 bridgehead atoms. The molecule has 0 aliphatic carbocycles. The van der Waals surface area contributed by atoms with Crippen LogP contribution < -0.4 is 0 Å². The number of rotatable bonds is 8. The van der Waals surface area contributed by atoms with E-state index in [1.165, 1.54) is 0 Å². The van der Waals surface area contributed by atoms with Crippen molar-refractivity contribution in [3.63, 3.8) is 0 Å². The summed E-state index contributed by atoms with van der Waals surface area (Å²) >= 11 is 0. The first kappa shape index (κ1) is 17.9. The zero-order valence-electron chi connectivity index (χ0n) is 12.6. The van der Waals surface area contributed by atoms with Gasteiger partial charge in [0.2, 0.25) is 0 Å². The fourth-order valence-electron chi connectivity index (χ4n) is 1.81. The van der Waals surface area contributed by atoms with Crippen LogP contribution in [0.1, 0.15) is 47.5 Å². The second-order valence-electron chi connectivity index (χ2n) is 4.89. The molecule has 112 valence electrons. The minimum Gasteiger partial charge on any atom is -0.465 e. The van der Waals surface area contributed by atoms with Gasteiger partial charge in [0.1, 0.15) is 0 Å². The molecule has 1 N–H and O–H groups in total. The average molecular weight is 274 g/mol. The average Bonchev–Trinajstić information content (AvgIpc) is 2.35. The number of aliphatic hydroxyl groups is 1. The summed E-state index contributed by atoms with van der Waals surface area (Å²) < 4.78 is 9.99. The lowest BCUT2D eigenvalue weighted by Gasteiger charge is -2.31. The largest absolute Gasteiger partial charge is 0.465 e. The van der Waals surface area contributed by atoms with Crippen molar-refractivity contribution in [1.82, 2.24) is 0 Å². The monoisotopic (exact) mass is 274 g/mol. The second-order valence-corrected chi connectivity index (χ2v) is 4.89. The smallest absolute Gasteiger partial charge is 0.323 e. The molecule has 0 aromatic rings. The number of ether oxygens (including phenoxy) is 2. The lowest BCUT2D eigenvalue weighted by Crippen LogP contribution is -2.45. The third-order valence-electron chi connectivity index (χ3n) is 3.26. The molecule has 0 radical (unpaired) electrons. The maximum Gasteiger partial charge on any atom is 0.323 e. The molecule has 1 atom stereocenters. The van der Waals surface area contributed by atoms with Gasteiger partial charge in [-0.3, -0.25) is 9.59 Å². The van der Waals surface area contributed by atoms with Crippen molar-refractivity contribution < 1.29 is 24.2 Å². The van der Waals surface area contributed by atoms with Crippen molar-refractivity contribution >= 4 is 11.9 Å². The normalized spacial score (nSPS) is 13.2. The van der Waals surface area contributed by atoms with Gasteiger partial charge in [-0.15, -0.1) is 0 Å². The van der Waals surface area contributed by atoms with Crippen LogP contribution in [0, 0.1) is 11.3 Å². The van der Waals surface area contributed by atoms with E-state index in [9.17, 15) is 14.7 Å². The van der Waals surface area contributed by atoms with Gasteiger partial charge in [0.05, 0.1) is 19.3 Å². The molecule has 0 fully saturated rings. The molecule has 0 saturated heterocycles. The van der Waals surface area contributed by atoms with Crippen LogP contribution in [0.4, 0.5) is 0 Å². The predicted octanol–water partition coefficient (Wildman–Crippen LogP) is 1.92. The Kier molecular flexibility index (Phi) is 7.68. The van der Waals surface area contributed by atoms with E-state index >= 15 is 0 Å². The Hall–Kier alpha value is -1.10. The van der Waals surface area contributed by atoms with Crippen molar-refractivity contribution in [1.29, 1.82) is 0 Å². The van der Waals surface area contributed by atoms with Gasteiger partial charge in [0.25, 0.3) is 0 Å². The van der Waals surface area contributed by atoms with Gasteiger partial charge >= 0.3 is 11.9 Å². The summed E-state index contributed by atoms with van der Waals surface area (Å²) in [5.41, 5.74) is -1.41. The summed E-state index contributed by atoms with van der Waals surface area (Å²) in [5.74, 6) is -1.28. The molecule has 1 unspecified atom stereocenters. The van der Waals surface area contributed by atoms with Crippen molar-refractivity contribution in [3.8, 4) is 0 Å². The Bertz CT molecular complexity index is 280. The van der Waals surface area contributed by atoms with Crippen molar-refractivity contribution in [3.05, 3.63) is 0 Å². The summed E-state index contributed by atoms with van der Waals surface area (Å²) in [7, 11) is 0. The van der Waals surface area contributed by atoms with Crippen LogP contribution in [0.25, 0.3) is 0 Å². The summed E-state index contributed by atoms with van der Waals surface area (Å²) in [6.45, 7) is 9.14. The SMILES string of the molecule is CCOC(=O)C(CC)(CC(O)C(C)C)C(=O)OCC. The number of esters is 2. The third kappa shape index (κ3) is 4.49. The van der Waals surface area contributed by atoms with Crippen molar-refractivity contribution in [2.24, 2.45) is 11.3 Å². The van der Waals surface area contributed by atoms with E-state index in [2.05, 4.69) is 0 Å². The number of hydrogen-bond acceptors (Lipinski definition) is 5. The number of hydrogen-bond donors (Lipinski definition) is 1. The van der Waals surface area contributed by atoms with Crippen LogP contribution >= 0.6 is 0 Å². The molecule has 0 aliphatic heterocycles. The Morgan fingerprint density at radius 1 is 1.05 bits per heavy atom. The van der Waals surface area contributed by atoms with Crippen LogP contribution in [0.3, 0.4) is 0 Å². The molecule has 5 heteroatoms. The van der Waals surface area contributed by atoms with Crippen LogP contribution in [0.2, 0.25) is 0 Å². The Morgan fingerprint density at radius 3 is 1.74 bits per heavy atom. The molecule has 5 nitrogen and oxygen atoms in total. The topological polar surface area (TPSA) is 72.8 Å². The van der Waals surface area contributed by atoms with Gasteiger partial charge in [-0.05, 0) is 26.2 Å². The fraction of sp³-hybridized carbons (Fsp3) is 0.857. The zero-order chi connectivity index (χ0) is 15.1. The van der Waals surface area contributed by atoms with E-state index in [4.69, 9.17) is 9.47 Å². The van der Waals surface area contributed by atoms with Crippen molar-refractivity contribution in [2.45, 2.75) is 53.6 Å². The molecule has 0 heterocycles. The standard InChI is InChI=1S/C14H26O5/c1-6-14(12(16)18-7-2,13(17)19-8-3)9-11(15)10(4)5/h10-11,15H,6-9H2,1-5H3. The minimum absolute atomic E-state index is 0.0266. The third-order valence-corrected chi connectivity index (χ3v) is 3.26. The van der Waals surface area contributed by atoms with Gasteiger partial charge in [-0.1, -0.05) is 20.8 Å². The van der Waals surface area contributed by atoms with Crippen LogP contribution in [0.5, 0.6) is 0 Å². The minimum atomic E-state index is -1.41. The van der Waals surface area contributed by atoms with Gasteiger partial charge in [0.15, 0.2) is 5.41 Å². The van der Waals surface area contributed by atoms with Crippen LogP contribution in [0.15, 0.2) is 0 Å². The van der Waals surface area contributed by atoms with Gasteiger partial charge in [0, 0.05) is 6.42 Å². The highest BCUT2D eigenvalue weighted by atomic mass is 16.6. The lowest BCUT2D eigenvalue weighted by molar-refractivity contribution is -0.175. The number of carbonyl (C=O) groups excluding carboxylic acids is 2. The fourth-order valence-corrected chi connectivity index (χ4v) is 1.81. The lowest BCUT2D eigenvalue weighted by atomic mass is 9.77. The summed E-state index contributed by atoms with van der Waals surface area (Å²) in [6.07, 6.45) is -0.485. The molecule has 0 aromatic heterocycles. The first-order valence-electron chi connectivity index (χ1n) is 6.88. The number of aliphatic hydroxyl groups excluding tert-OH is 1. The predicted molar refractivity (Wildman–Crippen MR) is 71.5 cm³/mol. The first-order chi connectivity index (χ1) is 8.85. The highest BCUT2D eigenvalue weighted by Crippen LogP contribution is 2.33. The highest BCUT2D eigenvalue weighted by Gasteiger charge is 2.48. The first-order valence-corrected chi connectivity index (χ1v) is 6.88. The van der Waals surface area contributed by atoms with E-state index in [1.807, 2.05) is 13.8 Å². The highest BCUT2D eigenvalue weighted by molar-refractivity contribution is 6.00. The molecular weight excluding hydrogens is 248 g/mol. The second kappa shape index (κ2) is 8.15. The maximum absolute atomic E-state index is 12.1. The van der Waals surface area contributed by atoms with E-state index in [0.717, 1.165) is 0 Å². The molecule has 0 aliphatic rings. The molecule has 0 rings (SSSR count). The molecule has 0 amide bonds. The van der Waals surface area contributed by atoms with Gasteiger partial charge in [-0.2, -0.15) is 0 Å². The van der Waals surface area contributed by atoms with Crippen LogP contribution in [-0.2, 0) is 19.1 Å². The summed E-state index contributed by atoms with van der Waals surface area (Å²) in [5, 5.41) is 10.0. The van der Waals surface area contributed by atoms with E-state index in [0.29, 0.717) is 0 Å².